The first-order valence-electron chi connectivity index (χ1n) is 7.61. The van der Waals surface area contributed by atoms with E-state index in [1.165, 1.54) is 0 Å². The Morgan fingerprint density at radius 1 is 1.38 bits per heavy atom. The van der Waals surface area contributed by atoms with E-state index in [9.17, 15) is 4.79 Å². The Kier molecular flexibility index (Phi) is 3.97. The van der Waals surface area contributed by atoms with Crippen molar-refractivity contribution < 1.29 is 14.3 Å². The number of nitrogens with one attached hydrogen (secondary N) is 1. The molecular formula is C17H21NO3. The van der Waals surface area contributed by atoms with Gasteiger partial charge in [-0.05, 0) is 38.3 Å². The van der Waals surface area contributed by atoms with Crippen LogP contribution < -0.4 is 5.32 Å². The number of carboxylic acid groups (broad SMARTS) is 1. The van der Waals surface area contributed by atoms with Gasteiger partial charge >= 0.3 is 5.97 Å². The van der Waals surface area contributed by atoms with Crippen LogP contribution in [0.25, 0.3) is 11.0 Å². The number of benzene rings is 1. The molecule has 1 aliphatic carbocycles. The van der Waals surface area contributed by atoms with Gasteiger partial charge in [-0.1, -0.05) is 24.6 Å². The molecule has 1 saturated carbocycles. The zero-order valence-corrected chi connectivity index (χ0v) is 12.2. The molecule has 1 fully saturated rings. The number of hydrogen-bond donors (Lipinski definition) is 2. The third kappa shape index (κ3) is 3.10. The Morgan fingerprint density at radius 2 is 2.19 bits per heavy atom. The normalized spacial score (nSPS) is 24.0. The van der Waals surface area contributed by atoms with Gasteiger partial charge in [0.1, 0.15) is 11.3 Å². The molecule has 1 aliphatic rings. The summed E-state index contributed by atoms with van der Waals surface area (Å²) in [5, 5.41) is 13.8. The summed E-state index contributed by atoms with van der Waals surface area (Å²) in [5.74, 6) is 0.0330. The number of carbonyl (C=O) groups is 1. The molecule has 1 aromatic heterocycles. The zero-order valence-electron chi connectivity index (χ0n) is 12.2. The van der Waals surface area contributed by atoms with Crippen LogP contribution in [0.3, 0.4) is 0 Å². The lowest BCUT2D eigenvalue weighted by atomic mass is 9.85. The highest BCUT2D eigenvalue weighted by Gasteiger charge is 2.28. The quantitative estimate of drug-likeness (QED) is 0.899. The van der Waals surface area contributed by atoms with Crippen LogP contribution >= 0.6 is 0 Å². The van der Waals surface area contributed by atoms with Crippen LogP contribution in [0.2, 0.25) is 0 Å². The molecular weight excluding hydrogens is 266 g/mol. The molecule has 0 radical (unpaired) electrons. The fourth-order valence-corrected chi connectivity index (χ4v) is 3.22. The molecule has 0 amide bonds. The second-order valence-electron chi connectivity index (χ2n) is 5.97. The van der Waals surface area contributed by atoms with Crippen LogP contribution in [0.5, 0.6) is 0 Å². The fourth-order valence-electron chi connectivity index (χ4n) is 3.22. The maximum atomic E-state index is 11.1. The van der Waals surface area contributed by atoms with Gasteiger partial charge in [-0.15, -0.1) is 0 Å². The van der Waals surface area contributed by atoms with Gasteiger partial charge in [-0.3, -0.25) is 4.79 Å². The van der Waals surface area contributed by atoms with Crippen LogP contribution in [0.1, 0.15) is 44.4 Å². The number of rotatable bonds is 4. The lowest BCUT2D eigenvalue weighted by Gasteiger charge is -2.29. The van der Waals surface area contributed by atoms with Gasteiger partial charge in [-0.2, -0.15) is 0 Å². The summed E-state index contributed by atoms with van der Waals surface area (Å²) in [6.07, 6.45) is 3.52. The van der Waals surface area contributed by atoms with Gasteiger partial charge in [0.2, 0.25) is 0 Å². The van der Waals surface area contributed by atoms with E-state index in [0.29, 0.717) is 6.42 Å². The number of fused-ring (bicyclic) bond motifs is 1. The van der Waals surface area contributed by atoms with Gasteiger partial charge in [0.15, 0.2) is 0 Å². The second-order valence-corrected chi connectivity index (χ2v) is 5.97. The van der Waals surface area contributed by atoms with Crippen LogP contribution in [0.15, 0.2) is 34.7 Å². The van der Waals surface area contributed by atoms with Crippen LogP contribution in [-0.4, -0.2) is 17.1 Å². The Labute approximate surface area is 124 Å². The minimum absolute atomic E-state index is 0.0925. The fraction of sp³-hybridized carbons (Fsp3) is 0.471. The smallest absolute Gasteiger partial charge is 0.306 e. The average molecular weight is 287 g/mol. The van der Waals surface area contributed by atoms with E-state index in [4.69, 9.17) is 9.52 Å². The summed E-state index contributed by atoms with van der Waals surface area (Å²) in [6.45, 7) is 2.07. The van der Waals surface area contributed by atoms with Gasteiger partial charge in [0.05, 0.1) is 12.0 Å². The first-order valence-corrected chi connectivity index (χ1v) is 7.61. The SMILES string of the molecule is CC(NC1CCCC(C(=O)O)C1)c1cc2ccccc2o1. The third-order valence-electron chi connectivity index (χ3n) is 4.38. The third-order valence-corrected chi connectivity index (χ3v) is 4.38. The summed E-state index contributed by atoms with van der Waals surface area (Å²) >= 11 is 0. The van der Waals surface area contributed by atoms with Crippen molar-refractivity contribution >= 4 is 16.9 Å². The minimum Gasteiger partial charge on any atom is -0.481 e. The van der Waals surface area contributed by atoms with E-state index < -0.39 is 5.97 Å². The molecule has 112 valence electrons. The van der Waals surface area contributed by atoms with Gasteiger partial charge < -0.3 is 14.8 Å². The second kappa shape index (κ2) is 5.90. The molecule has 0 bridgehead atoms. The largest absolute Gasteiger partial charge is 0.481 e. The summed E-state index contributed by atoms with van der Waals surface area (Å²) in [6, 6.07) is 10.4. The summed E-state index contributed by atoms with van der Waals surface area (Å²) in [4.78, 5) is 11.1. The van der Waals surface area contributed by atoms with Crippen molar-refractivity contribution in [1.82, 2.24) is 5.32 Å². The minimum atomic E-state index is -0.669. The number of furan rings is 1. The monoisotopic (exact) mass is 287 g/mol. The van der Waals surface area contributed by atoms with Crippen molar-refractivity contribution in [2.24, 2.45) is 5.92 Å². The molecule has 21 heavy (non-hydrogen) atoms. The Hall–Kier alpha value is -1.81. The first kappa shape index (κ1) is 14.1. The van der Waals surface area contributed by atoms with E-state index in [1.54, 1.807) is 0 Å². The summed E-state index contributed by atoms with van der Waals surface area (Å²) in [7, 11) is 0. The van der Waals surface area contributed by atoms with E-state index in [2.05, 4.69) is 18.3 Å². The standard InChI is InChI=1S/C17H21NO3/c1-11(16-10-12-5-2-3-8-15(12)21-16)18-14-7-4-6-13(9-14)17(19)20/h2-3,5,8,10-11,13-14,18H,4,6-7,9H2,1H3,(H,19,20). The molecule has 1 aromatic carbocycles. The van der Waals surface area contributed by atoms with Crippen LogP contribution in [0, 0.1) is 5.92 Å². The van der Waals surface area contributed by atoms with Crippen molar-refractivity contribution in [3.8, 4) is 0 Å². The van der Waals surface area contributed by atoms with Gasteiger partial charge in [0.25, 0.3) is 0 Å². The molecule has 3 atom stereocenters. The number of hydrogen-bond acceptors (Lipinski definition) is 3. The topological polar surface area (TPSA) is 62.5 Å². The lowest BCUT2D eigenvalue weighted by molar-refractivity contribution is -0.143. The zero-order chi connectivity index (χ0) is 14.8. The molecule has 1 heterocycles. The molecule has 0 saturated heterocycles. The molecule has 2 N–H and O–H groups in total. The Morgan fingerprint density at radius 3 is 2.95 bits per heavy atom. The number of aliphatic carboxylic acids is 1. The maximum absolute atomic E-state index is 11.1. The Balaban J connectivity index is 1.68. The lowest BCUT2D eigenvalue weighted by Crippen LogP contribution is -2.37. The number of para-hydroxylation sites is 1. The molecule has 2 aromatic rings. The maximum Gasteiger partial charge on any atom is 0.306 e. The first-order chi connectivity index (χ1) is 10.1. The molecule has 0 spiro atoms. The molecule has 3 rings (SSSR count). The Bertz CT molecular complexity index is 601. The highest BCUT2D eigenvalue weighted by Crippen LogP contribution is 2.28. The van der Waals surface area contributed by atoms with Gasteiger partial charge in [-0.25, -0.2) is 0 Å². The summed E-state index contributed by atoms with van der Waals surface area (Å²) in [5.41, 5.74) is 0.896. The van der Waals surface area contributed by atoms with E-state index >= 15 is 0 Å². The molecule has 4 heteroatoms. The highest BCUT2D eigenvalue weighted by molar-refractivity contribution is 5.77. The van der Waals surface area contributed by atoms with Crippen LogP contribution in [0.4, 0.5) is 0 Å². The molecule has 4 nitrogen and oxygen atoms in total. The molecule has 0 aliphatic heterocycles. The van der Waals surface area contributed by atoms with Gasteiger partial charge in [0, 0.05) is 11.4 Å². The van der Waals surface area contributed by atoms with Crippen molar-refractivity contribution in [3.05, 3.63) is 36.1 Å². The van der Waals surface area contributed by atoms with E-state index in [1.807, 2.05) is 24.3 Å². The van der Waals surface area contributed by atoms with E-state index in [0.717, 1.165) is 36.0 Å². The van der Waals surface area contributed by atoms with Crippen LogP contribution in [-0.2, 0) is 4.79 Å². The van der Waals surface area contributed by atoms with Crippen molar-refractivity contribution in [2.75, 3.05) is 0 Å². The predicted octanol–water partition coefficient (Wildman–Crippen LogP) is 3.73. The van der Waals surface area contributed by atoms with Crippen molar-refractivity contribution in [3.63, 3.8) is 0 Å². The number of carboxylic acids is 1. The molecule has 3 unspecified atom stereocenters. The van der Waals surface area contributed by atoms with Crippen molar-refractivity contribution in [1.29, 1.82) is 0 Å². The van der Waals surface area contributed by atoms with E-state index in [-0.39, 0.29) is 18.0 Å². The average Bonchev–Trinajstić information content (AvgIpc) is 2.91. The van der Waals surface area contributed by atoms with Crippen molar-refractivity contribution in [2.45, 2.75) is 44.7 Å². The highest BCUT2D eigenvalue weighted by atomic mass is 16.4. The predicted molar refractivity (Wildman–Crippen MR) is 81.1 cm³/mol. The summed E-state index contributed by atoms with van der Waals surface area (Å²) < 4.78 is 5.87.